The zero-order chi connectivity index (χ0) is 26.6. The second-order valence-electron chi connectivity index (χ2n) is 10.1. The number of nitrogens with zero attached hydrogens (tertiary/aromatic N) is 4. The third kappa shape index (κ3) is 5.70. The first-order valence-corrected chi connectivity index (χ1v) is 13.1. The van der Waals surface area contributed by atoms with E-state index in [0.717, 1.165) is 37.0 Å². The molecule has 198 valence electrons. The highest BCUT2D eigenvalue weighted by molar-refractivity contribution is 6.04. The average molecular weight is 514 g/mol. The fourth-order valence-electron chi connectivity index (χ4n) is 4.80. The molecule has 38 heavy (non-hydrogen) atoms. The number of nitrogens with two attached hydrogens (primary N) is 1. The Morgan fingerprint density at radius 2 is 1.71 bits per heavy atom. The van der Waals surface area contributed by atoms with Gasteiger partial charge in [-0.05, 0) is 89.0 Å². The molecular formula is C28H35N9O. The van der Waals surface area contributed by atoms with Crippen LogP contribution < -0.4 is 27.0 Å². The van der Waals surface area contributed by atoms with Gasteiger partial charge in [-0.3, -0.25) is 4.79 Å². The highest BCUT2D eigenvalue weighted by Gasteiger charge is 2.22. The molecule has 2 heterocycles. The smallest absolute Gasteiger partial charge is 0.255 e. The third-order valence-electron chi connectivity index (χ3n) is 7.00. The lowest BCUT2D eigenvalue weighted by molar-refractivity contribution is 0.102. The van der Waals surface area contributed by atoms with E-state index in [1.165, 1.54) is 0 Å². The van der Waals surface area contributed by atoms with Crippen LogP contribution in [0.15, 0.2) is 54.9 Å². The fourth-order valence-corrected chi connectivity index (χ4v) is 4.80. The van der Waals surface area contributed by atoms with E-state index in [1.807, 2.05) is 31.3 Å². The minimum atomic E-state index is -0.207. The van der Waals surface area contributed by atoms with Crippen LogP contribution in [0.1, 0.15) is 55.9 Å². The molecule has 2 aromatic heterocycles. The second-order valence-corrected chi connectivity index (χ2v) is 10.1. The number of hydrogen-bond donors (Lipinski definition) is 5. The van der Waals surface area contributed by atoms with Gasteiger partial charge in [0.25, 0.3) is 5.91 Å². The molecule has 1 amide bonds. The van der Waals surface area contributed by atoms with Gasteiger partial charge in [0.2, 0.25) is 5.95 Å². The first kappa shape index (κ1) is 25.5. The van der Waals surface area contributed by atoms with E-state index in [2.05, 4.69) is 44.7 Å². The van der Waals surface area contributed by atoms with Gasteiger partial charge in [0.05, 0.1) is 6.33 Å². The van der Waals surface area contributed by atoms with Crippen molar-refractivity contribution in [2.24, 2.45) is 0 Å². The van der Waals surface area contributed by atoms with Crippen molar-refractivity contribution in [2.75, 3.05) is 28.7 Å². The summed E-state index contributed by atoms with van der Waals surface area (Å²) in [4.78, 5) is 27.0. The summed E-state index contributed by atoms with van der Waals surface area (Å²) in [5.41, 5.74) is 9.80. The summed E-state index contributed by atoms with van der Waals surface area (Å²) in [6.07, 6.45) is 6.19. The topological polar surface area (TPSA) is 135 Å². The van der Waals surface area contributed by atoms with Crippen molar-refractivity contribution in [3.05, 3.63) is 60.4 Å². The predicted octanol–water partition coefficient (Wildman–Crippen LogP) is 4.93. The lowest BCUT2D eigenvalue weighted by Crippen LogP contribution is -2.35. The SMILES string of the molecule is CN[C@H]1CC[C@H](Nc2nc(Nc3cccc(NC(=O)c4ccc(N)cc4)c3)c3ncn(C(C)C)c3n2)CC1. The molecule has 10 nitrogen and oxygen atoms in total. The molecule has 1 saturated carbocycles. The molecule has 10 heteroatoms. The van der Waals surface area contributed by atoms with Gasteiger partial charge in [-0.2, -0.15) is 9.97 Å². The number of carbonyl (C=O) groups is 1. The molecule has 5 rings (SSSR count). The zero-order valence-electron chi connectivity index (χ0n) is 22.0. The van der Waals surface area contributed by atoms with E-state index in [0.29, 0.717) is 46.3 Å². The van der Waals surface area contributed by atoms with Gasteiger partial charge in [-0.15, -0.1) is 0 Å². The van der Waals surface area contributed by atoms with Crippen molar-refractivity contribution in [1.82, 2.24) is 24.8 Å². The van der Waals surface area contributed by atoms with E-state index in [9.17, 15) is 4.79 Å². The van der Waals surface area contributed by atoms with Crippen LogP contribution in [0.3, 0.4) is 0 Å². The maximum atomic E-state index is 12.7. The Morgan fingerprint density at radius 3 is 2.42 bits per heavy atom. The highest BCUT2D eigenvalue weighted by atomic mass is 16.1. The number of imidazole rings is 1. The van der Waals surface area contributed by atoms with E-state index in [1.54, 1.807) is 30.6 Å². The van der Waals surface area contributed by atoms with Crippen LogP contribution in [0, 0.1) is 0 Å². The summed E-state index contributed by atoms with van der Waals surface area (Å²) in [5.74, 6) is 0.993. The minimum Gasteiger partial charge on any atom is -0.399 e. The van der Waals surface area contributed by atoms with E-state index in [4.69, 9.17) is 15.7 Å². The number of fused-ring (bicyclic) bond motifs is 1. The van der Waals surface area contributed by atoms with E-state index in [-0.39, 0.29) is 11.9 Å². The standard InChI is InChI=1S/C28H35N9O/c1-17(2)37-16-31-24-25(35-28(36-26(24)37)34-21-13-11-20(30-3)12-14-21)32-22-5-4-6-23(15-22)33-27(38)18-7-9-19(29)10-8-18/h4-10,15-17,20-21,30H,11-14,29H2,1-3H3,(H,33,38)(H2,32,34,35,36)/t20-,21-. The van der Waals surface area contributed by atoms with Gasteiger partial charge >= 0.3 is 0 Å². The molecule has 6 N–H and O–H groups in total. The molecule has 0 bridgehead atoms. The number of hydrogen-bond acceptors (Lipinski definition) is 8. The molecule has 1 aliphatic rings. The number of nitrogen functional groups attached to an aromatic ring is 1. The van der Waals surface area contributed by atoms with Crippen LogP contribution in [0.2, 0.25) is 0 Å². The van der Waals surface area contributed by atoms with Gasteiger partial charge < -0.3 is 31.6 Å². The molecule has 4 aromatic rings. The first-order chi connectivity index (χ1) is 18.4. The summed E-state index contributed by atoms with van der Waals surface area (Å²) in [6, 6.07) is 15.5. The average Bonchev–Trinajstić information content (AvgIpc) is 3.34. The van der Waals surface area contributed by atoms with E-state index < -0.39 is 0 Å². The molecule has 0 saturated heterocycles. The monoisotopic (exact) mass is 513 g/mol. The van der Waals surface area contributed by atoms with Gasteiger partial charge in [-0.1, -0.05) is 6.07 Å². The number of amides is 1. The minimum absolute atomic E-state index is 0.202. The van der Waals surface area contributed by atoms with Crippen molar-refractivity contribution >= 4 is 45.9 Å². The van der Waals surface area contributed by atoms with Crippen LogP contribution in [-0.4, -0.2) is 44.6 Å². The van der Waals surface area contributed by atoms with Crippen LogP contribution >= 0.6 is 0 Å². The van der Waals surface area contributed by atoms with E-state index >= 15 is 0 Å². The molecule has 0 radical (unpaired) electrons. The van der Waals surface area contributed by atoms with Crippen molar-refractivity contribution in [3.8, 4) is 0 Å². The number of carbonyl (C=O) groups excluding carboxylic acids is 1. The summed E-state index contributed by atoms with van der Waals surface area (Å²) < 4.78 is 2.05. The fraction of sp³-hybridized carbons (Fsp3) is 0.357. The van der Waals surface area contributed by atoms with Gasteiger partial charge in [0, 0.05) is 40.8 Å². The third-order valence-corrected chi connectivity index (χ3v) is 7.00. The Kier molecular flexibility index (Phi) is 7.41. The molecule has 2 aromatic carbocycles. The van der Waals surface area contributed by atoms with Crippen LogP contribution in [0.4, 0.5) is 28.8 Å². The van der Waals surface area contributed by atoms with Crippen LogP contribution in [-0.2, 0) is 0 Å². The van der Waals surface area contributed by atoms with Crippen LogP contribution in [0.25, 0.3) is 11.2 Å². The lowest BCUT2D eigenvalue weighted by Gasteiger charge is -2.28. The Bertz CT molecular complexity index is 1410. The molecular weight excluding hydrogens is 478 g/mol. The molecule has 1 fully saturated rings. The molecule has 1 aliphatic carbocycles. The number of benzene rings is 2. The quantitative estimate of drug-likeness (QED) is 0.209. The maximum absolute atomic E-state index is 12.7. The molecule has 0 unspecified atom stereocenters. The van der Waals surface area contributed by atoms with Crippen molar-refractivity contribution in [2.45, 2.75) is 57.7 Å². The lowest BCUT2D eigenvalue weighted by atomic mass is 9.91. The van der Waals surface area contributed by atoms with Crippen molar-refractivity contribution < 1.29 is 4.79 Å². The normalized spacial score (nSPS) is 17.5. The Hall–Kier alpha value is -4.18. The summed E-state index contributed by atoms with van der Waals surface area (Å²) in [5, 5.41) is 13.3. The van der Waals surface area contributed by atoms with Gasteiger partial charge in [0.15, 0.2) is 17.0 Å². The Labute approximate surface area is 222 Å². The predicted molar refractivity (Wildman–Crippen MR) is 153 cm³/mol. The van der Waals surface area contributed by atoms with Crippen LogP contribution in [0.5, 0.6) is 0 Å². The molecule has 0 atom stereocenters. The highest BCUT2D eigenvalue weighted by Crippen LogP contribution is 2.29. The second kappa shape index (κ2) is 11.1. The number of aromatic nitrogens is 4. The number of anilines is 5. The Morgan fingerprint density at radius 1 is 1.00 bits per heavy atom. The number of rotatable bonds is 8. The summed E-state index contributed by atoms with van der Waals surface area (Å²) >= 11 is 0. The van der Waals surface area contributed by atoms with Gasteiger partial charge in [-0.25, -0.2) is 4.98 Å². The molecule has 0 aliphatic heterocycles. The summed E-state index contributed by atoms with van der Waals surface area (Å²) in [7, 11) is 2.03. The zero-order valence-corrected chi connectivity index (χ0v) is 22.0. The molecule has 0 spiro atoms. The van der Waals surface area contributed by atoms with Gasteiger partial charge in [0.1, 0.15) is 0 Å². The summed E-state index contributed by atoms with van der Waals surface area (Å²) in [6.45, 7) is 4.21. The number of nitrogens with one attached hydrogen (secondary N) is 4. The Balaban J connectivity index is 1.39. The first-order valence-electron chi connectivity index (χ1n) is 13.1. The largest absolute Gasteiger partial charge is 0.399 e. The van der Waals surface area contributed by atoms with Crippen molar-refractivity contribution in [1.29, 1.82) is 0 Å². The maximum Gasteiger partial charge on any atom is 0.255 e. The van der Waals surface area contributed by atoms with Crippen molar-refractivity contribution in [3.63, 3.8) is 0 Å².